The third-order valence-corrected chi connectivity index (χ3v) is 3.22. The van der Waals surface area contributed by atoms with Crippen LogP contribution in [0.4, 0.5) is 10.1 Å². The van der Waals surface area contributed by atoms with Gasteiger partial charge in [-0.3, -0.25) is 0 Å². The normalized spacial score (nSPS) is 10.4. The number of carboxylic acids is 1. The molecule has 0 aliphatic heterocycles. The van der Waals surface area contributed by atoms with E-state index in [0.717, 1.165) is 23.4 Å². The van der Waals surface area contributed by atoms with Crippen molar-refractivity contribution in [2.45, 2.75) is 17.0 Å². The molecule has 1 aromatic heterocycles. The van der Waals surface area contributed by atoms with Gasteiger partial charge in [-0.1, -0.05) is 0 Å². The summed E-state index contributed by atoms with van der Waals surface area (Å²) in [6.07, 6.45) is 3.20. The standard InChI is InChI=1S/C12H10FN3O2S/c1-6-4-15-12(16-5-6)19-10-2-7(11(17)18)9(14)3-8(10)13/h2-5H,14H2,1H3,(H,17,18). The summed E-state index contributed by atoms with van der Waals surface area (Å²) < 4.78 is 13.7. The number of aromatic carboxylic acids is 1. The molecule has 0 spiro atoms. The summed E-state index contributed by atoms with van der Waals surface area (Å²) in [7, 11) is 0. The topological polar surface area (TPSA) is 89.1 Å². The molecule has 98 valence electrons. The number of nitrogen functional groups attached to an aromatic ring is 1. The number of halogens is 1. The molecule has 0 amide bonds. The van der Waals surface area contributed by atoms with Crippen LogP contribution in [0.15, 0.2) is 34.6 Å². The van der Waals surface area contributed by atoms with Crippen molar-refractivity contribution in [2.24, 2.45) is 0 Å². The second-order valence-corrected chi connectivity index (χ2v) is 4.83. The zero-order valence-corrected chi connectivity index (χ0v) is 10.7. The van der Waals surface area contributed by atoms with Crippen molar-refractivity contribution in [2.75, 3.05) is 5.73 Å². The van der Waals surface area contributed by atoms with Crippen molar-refractivity contribution < 1.29 is 14.3 Å². The lowest BCUT2D eigenvalue weighted by Gasteiger charge is -2.06. The summed E-state index contributed by atoms with van der Waals surface area (Å²) >= 11 is 0.947. The molecule has 3 N–H and O–H groups in total. The van der Waals surface area contributed by atoms with Crippen molar-refractivity contribution in [3.63, 3.8) is 0 Å². The molecule has 2 rings (SSSR count). The highest BCUT2D eigenvalue weighted by Crippen LogP contribution is 2.30. The summed E-state index contributed by atoms with van der Waals surface area (Å²) in [6.45, 7) is 1.83. The monoisotopic (exact) mass is 279 g/mol. The van der Waals surface area contributed by atoms with Gasteiger partial charge in [0.05, 0.1) is 10.5 Å². The van der Waals surface area contributed by atoms with E-state index in [2.05, 4.69) is 9.97 Å². The van der Waals surface area contributed by atoms with Crippen LogP contribution in [0.5, 0.6) is 0 Å². The molecule has 1 aromatic carbocycles. The van der Waals surface area contributed by atoms with Crippen LogP contribution < -0.4 is 5.73 Å². The molecule has 0 fully saturated rings. The summed E-state index contributed by atoms with van der Waals surface area (Å²) in [4.78, 5) is 19.1. The van der Waals surface area contributed by atoms with E-state index in [-0.39, 0.29) is 16.1 Å². The van der Waals surface area contributed by atoms with Gasteiger partial charge in [0.25, 0.3) is 0 Å². The van der Waals surface area contributed by atoms with E-state index in [9.17, 15) is 9.18 Å². The number of aryl methyl sites for hydroxylation is 1. The Balaban J connectivity index is 2.37. The van der Waals surface area contributed by atoms with Gasteiger partial charge in [0.1, 0.15) is 5.82 Å². The summed E-state index contributed by atoms with van der Waals surface area (Å²) in [5, 5.41) is 9.28. The van der Waals surface area contributed by atoms with Crippen LogP contribution in [0.25, 0.3) is 0 Å². The second kappa shape index (κ2) is 5.23. The minimum Gasteiger partial charge on any atom is -0.478 e. The van der Waals surface area contributed by atoms with E-state index >= 15 is 0 Å². The van der Waals surface area contributed by atoms with Crippen molar-refractivity contribution in [1.29, 1.82) is 0 Å². The first kappa shape index (κ1) is 13.3. The molecule has 1 heterocycles. The highest BCUT2D eigenvalue weighted by Gasteiger charge is 2.14. The van der Waals surface area contributed by atoms with E-state index in [4.69, 9.17) is 10.8 Å². The fraction of sp³-hybridized carbons (Fsp3) is 0.0833. The molecule has 2 aromatic rings. The Morgan fingerprint density at radius 1 is 1.37 bits per heavy atom. The zero-order chi connectivity index (χ0) is 14.0. The van der Waals surface area contributed by atoms with Crippen LogP contribution in [-0.4, -0.2) is 21.0 Å². The Labute approximate surface area is 112 Å². The van der Waals surface area contributed by atoms with Crippen molar-refractivity contribution in [1.82, 2.24) is 9.97 Å². The fourth-order valence-electron chi connectivity index (χ4n) is 1.36. The zero-order valence-electron chi connectivity index (χ0n) is 9.92. The highest BCUT2D eigenvalue weighted by molar-refractivity contribution is 7.99. The number of benzene rings is 1. The van der Waals surface area contributed by atoms with Crippen LogP contribution in [0.3, 0.4) is 0 Å². The number of nitrogens with zero attached hydrogens (tertiary/aromatic N) is 2. The Morgan fingerprint density at radius 2 is 2.00 bits per heavy atom. The Kier molecular flexibility index (Phi) is 3.66. The largest absolute Gasteiger partial charge is 0.478 e. The molecule has 19 heavy (non-hydrogen) atoms. The van der Waals surface area contributed by atoms with Gasteiger partial charge in [0.15, 0.2) is 5.16 Å². The number of hydrogen-bond acceptors (Lipinski definition) is 5. The first-order valence-electron chi connectivity index (χ1n) is 5.26. The Morgan fingerprint density at radius 3 is 2.58 bits per heavy atom. The quantitative estimate of drug-likeness (QED) is 0.662. The van der Waals surface area contributed by atoms with Gasteiger partial charge >= 0.3 is 5.97 Å². The number of carboxylic acid groups (broad SMARTS) is 1. The van der Waals surface area contributed by atoms with Crippen LogP contribution in [0.2, 0.25) is 0 Å². The molecule has 0 saturated carbocycles. The van der Waals surface area contributed by atoms with Crippen LogP contribution >= 0.6 is 11.8 Å². The van der Waals surface area contributed by atoms with Gasteiger partial charge in [-0.25, -0.2) is 19.2 Å². The molecule has 0 radical (unpaired) electrons. The van der Waals surface area contributed by atoms with Gasteiger partial charge in [0, 0.05) is 18.1 Å². The van der Waals surface area contributed by atoms with Crippen molar-refractivity contribution in [3.8, 4) is 0 Å². The molecule has 0 bridgehead atoms. The molecule has 0 atom stereocenters. The molecule has 0 saturated heterocycles. The number of anilines is 1. The van der Waals surface area contributed by atoms with E-state index in [0.29, 0.717) is 5.16 Å². The maximum atomic E-state index is 13.7. The molecular formula is C12H10FN3O2S. The van der Waals surface area contributed by atoms with E-state index in [1.54, 1.807) is 12.4 Å². The Hall–Kier alpha value is -2.15. The predicted octanol–water partition coefficient (Wildman–Crippen LogP) is 2.36. The molecule has 0 unspecified atom stereocenters. The van der Waals surface area contributed by atoms with Gasteiger partial charge in [-0.15, -0.1) is 0 Å². The maximum absolute atomic E-state index is 13.7. The van der Waals surface area contributed by atoms with Gasteiger partial charge < -0.3 is 10.8 Å². The smallest absolute Gasteiger partial charge is 0.337 e. The van der Waals surface area contributed by atoms with Crippen LogP contribution in [0, 0.1) is 12.7 Å². The van der Waals surface area contributed by atoms with Gasteiger partial charge in [-0.2, -0.15) is 0 Å². The second-order valence-electron chi connectivity index (χ2n) is 3.82. The average Bonchev–Trinajstić information content (AvgIpc) is 2.34. The van der Waals surface area contributed by atoms with Gasteiger partial charge in [0.2, 0.25) is 0 Å². The van der Waals surface area contributed by atoms with E-state index in [1.165, 1.54) is 6.07 Å². The van der Waals surface area contributed by atoms with Crippen molar-refractivity contribution >= 4 is 23.4 Å². The predicted molar refractivity (Wildman–Crippen MR) is 68.7 cm³/mol. The number of aromatic nitrogens is 2. The summed E-state index contributed by atoms with van der Waals surface area (Å²) in [6, 6.07) is 2.17. The van der Waals surface area contributed by atoms with Crippen molar-refractivity contribution in [3.05, 3.63) is 41.5 Å². The first-order chi connectivity index (χ1) is 8.97. The molecule has 7 heteroatoms. The SMILES string of the molecule is Cc1cnc(Sc2cc(C(=O)O)c(N)cc2F)nc1. The third-order valence-electron chi connectivity index (χ3n) is 2.29. The van der Waals surface area contributed by atoms with Crippen LogP contribution in [0.1, 0.15) is 15.9 Å². The third kappa shape index (κ3) is 3.00. The Bertz CT molecular complexity index is 632. The fourth-order valence-corrected chi connectivity index (χ4v) is 2.10. The minimum atomic E-state index is -1.20. The number of rotatable bonds is 3. The first-order valence-corrected chi connectivity index (χ1v) is 6.08. The molecular weight excluding hydrogens is 269 g/mol. The van der Waals surface area contributed by atoms with Gasteiger partial charge in [-0.05, 0) is 36.4 Å². The number of carbonyl (C=O) groups is 1. The lowest BCUT2D eigenvalue weighted by Crippen LogP contribution is -2.03. The lowest BCUT2D eigenvalue weighted by atomic mass is 10.2. The van der Waals surface area contributed by atoms with E-state index in [1.807, 2.05) is 6.92 Å². The summed E-state index contributed by atoms with van der Waals surface area (Å²) in [5.74, 6) is -1.80. The average molecular weight is 279 g/mol. The molecule has 0 aliphatic rings. The highest BCUT2D eigenvalue weighted by atomic mass is 32.2. The summed E-state index contributed by atoms with van der Waals surface area (Å²) in [5.41, 5.74) is 6.07. The number of nitrogens with two attached hydrogens (primary N) is 1. The minimum absolute atomic E-state index is 0.112. The van der Waals surface area contributed by atoms with E-state index < -0.39 is 11.8 Å². The lowest BCUT2D eigenvalue weighted by molar-refractivity contribution is 0.0697. The molecule has 0 aliphatic carbocycles. The number of hydrogen-bond donors (Lipinski definition) is 2. The molecule has 5 nitrogen and oxygen atoms in total. The van der Waals surface area contributed by atoms with Crippen LogP contribution in [-0.2, 0) is 0 Å². The maximum Gasteiger partial charge on any atom is 0.337 e.